The van der Waals surface area contributed by atoms with Crippen molar-refractivity contribution < 1.29 is 4.92 Å². The molecule has 2 aromatic rings. The third kappa shape index (κ3) is 2.60. The molecule has 1 aromatic heterocycles. The highest BCUT2D eigenvalue weighted by molar-refractivity contribution is 5.51. The Bertz CT molecular complexity index is 717. The summed E-state index contributed by atoms with van der Waals surface area (Å²) in [7, 11) is 0. The number of nitro benzene ring substituents is 1. The van der Waals surface area contributed by atoms with Crippen molar-refractivity contribution in [1.82, 2.24) is 30.8 Å². The van der Waals surface area contributed by atoms with Crippen LogP contribution < -0.4 is 10.6 Å². The van der Waals surface area contributed by atoms with Gasteiger partial charge in [-0.2, -0.15) is 4.68 Å². The lowest BCUT2D eigenvalue weighted by molar-refractivity contribution is -0.384. The molecule has 1 aliphatic rings. The second-order valence-corrected chi connectivity index (χ2v) is 5.21. The van der Waals surface area contributed by atoms with Crippen LogP contribution in [0.15, 0.2) is 36.7 Å². The first kappa shape index (κ1) is 14.0. The van der Waals surface area contributed by atoms with Crippen LogP contribution in [0.5, 0.6) is 0 Å². The fraction of sp³-hybridized carbons (Fsp3) is 0.308. The second kappa shape index (κ2) is 5.43. The maximum Gasteiger partial charge on any atom is 0.295 e. The minimum Gasteiger partial charge on any atom is -0.368 e. The molecule has 9 heteroatoms. The molecule has 9 nitrogen and oxygen atoms in total. The average molecular weight is 301 g/mol. The zero-order chi connectivity index (χ0) is 15.6. The maximum atomic E-state index is 11.1. The number of nitrogens with one attached hydrogen (secondary N) is 2. The van der Waals surface area contributed by atoms with Gasteiger partial charge in [0.1, 0.15) is 11.4 Å². The van der Waals surface area contributed by atoms with Crippen molar-refractivity contribution in [2.45, 2.75) is 25.4 Å². The van der Waals surface area contributed by atoms with E-state index in [-0.39, 0.29) is 11.4 Å². The number of para-hydroxylation sites is 2. The standard InChI is InChI=1S/C13H15N7O2/c1-13(14-8-9-15-13)7-6-12-16-17-18-19(12)10-4-2-3-5-11(10)20(21)22/h2-5,8-9,14-15H,6-7H2,1H3. The molecule has 114 valence electrons. The number of hydrogen-bond acceptors (Lipinski definition) is 7. The molecule has 0 atom stereocenters. The number of aryl methyl sites for hydroxylation is 1. The second-order valence-electron chi connectivity index (χ2n) is 5.21. The van der Waals surface area contributed by atoms with Crippen LogP contribution >= 0.6 is 0 Å². The molecule has 1 aromatic carbocycles. The number of hydrogen-bond donors (Lipinski definition) is 2. The van der Waals surface area contributed by atoms with Crippen molar-refractivity contribution in [2.75, 3.05) is 0 Å². The van der Waals surface area contributed by atoms with E-state index in [9.17, 15) is 10.1 Å². The van der Waals surface area contributed by atoms with Gasteiger partial charge in [-0.1, -0.05) is 12.1 Å². The first-order valence-corrected chi connectivity index (χ1v) is 6.80. The normalized spacial score (nSPS) is 15.3. The SMILES string of the molecule is CC1(CCc2nnnn2-c2ccccc2[N+](=O)[O-])NC=CN1. The minimum absolute atomic E-state index is 0.0268. The third-order valence-corrected chi connectivity index (χ3v) is 3.58. The van der Waals surface area contributed by atoms with Gasteiger partial charge in [0, 0.05) is 24.9 Å². The van der Waals surface area contributed by atoms with Crippen LogP contribution in [0.2, 0.25) is 0 Å². The molecule has 1 aliphatic heterocycles. The summed E-state index contributed by atoms with van der Waals surface area (Å²) in [5, 5.41) is 29.1. The molecule has 0 saturated carbocycles. The van der Waals surface area contributed by atoms with E-state index in [0.29, 0.717) is 17.9 Å². The molecular formula is C13H15N7O2. The summed E-state index contributed by atoms with van der Waals surface area (Å²) in [6, 6.07) is 6.41. The zero-order valence-corrected chi connectivity index (χ0v) is 11.9. The highest BCUT2D eigenvalue weighted by atomic mass is 16.6. The van der Waals surface area contributed by atoms with Gasteiger partial charge < -0.3 is 10.6 Å². The van der Waals surface area contributed by atoms with Gasteiger partial charge in [-0.05, 0) is 29.8 Å². The van der Waals surface area contributed by atoms with E-state index in [2.05, 4.69) is 26.2 Å². The van der Waals surface area contributed by atoms with Crippen LogP contribution in [-0.2, 0) is 6.42 Å². The number of rotatable bonds is 5. The highest BCUT2D eigenvalue weighted by Crippen LogP contribution is 2.23. The van der Waals surface area contributed by atoms with E-state index in [1.54, 1.807) is 18.2 Å². The summed E-state index contributed by atoms with van der Waals surface area (Å²) < 4.78 is 1.42. The molecular weight excluding hydrogens is 286 g/mol. The molecule has 0 radical (unpaired) electrons. The number of tetrazole rings is 1. The van der Waals surface area contributed by atoms with E-state index in [0.717, 1.165) is 6.42 Å². The summed E-state index contributed by atoms with van der Waals surface area (Å²) in [4.78, 5) is 10.7. The molecule has 0 unspecified atom stereocenters. The van der Waals surface area contributed by atoms with Crippen molar-refractivity contribution in [3.05, 3.63) is 52.6 Å². The Morgan fingerprint density at radius 3 is 2.77 bits per heavy atom. The van der Waals surface area contributed by atoms with Gasteiger partial charge in [-0.25, -0.2) is 0 Å². The smallest absolute Gasteiger partial charge is 0.295 e. The monoisotopic (exact) mass is 301 g/mol. The lowest BCUT2D eigenvalue weighted by Crippen LogP contribution is -2.46. The molecule has 0 saturated heterocycles. The first-order chi connectivity index (χ1) is 10.6. The van der Waals surface area contributed by atoms with Crippen LogP contribution in [0.25, 0.3) is 5.69 Å². The van der Waals surface area contributed by atoms with E-state index < -0.39 is 4.92 Å². The average Bonchev–Trinajstić information content (AvgIpc) is 3.14. The van der Waals surface area contributed by atoms with Gasteiger partial charge in [-0.15, -0.1) is 5.10 Å². The number of aromatic nitrogens is 4. The summed E-state index contributed by atoms with van der Waals surface area (Å²) >= 11 is 0. The van der Waals surface area contributed by atoms with Crippen LogP contribution in [0, 0.1) is 10.1 Å². The topological polar surface area (TPSA) is 111 Å². The Morgan fingerprint density at radius 1 is 1.32 bits per heavy atom. The fourth-order valence-electron chi connectivity index (χ4n) is 2.35. The Hall–Kier alpha value is -2.97. The molecule has 22 heavy (non-hydrogen) atoms. The molecule has 2 N–H and O–H groups in total. The van der Waals surface area contributed by atoms with Crippen LogP contribution in [0.3, 0.4) is 0 Å². The number of nitrogens with zero attached hydrogens (tertiary/aromatic N) is 5. The lowest BCUT2D eigenvalue weighted by atomic mass is 10.1. The van der Waals surface area contributed by atoms with Crippen molar-refractivity contribution in [1.29, 1.82) is 0 Å². The summed E-state index contributed by atoms with van der Waals surface area (Å²) in [5.41, 5.74) is 0.0727. The van der Waals surface area contributed by atoms with Gasteiger partial charge in [0.2, 0.25) is 0 Å². The third-order valence-electron chi connectivity index (χ3n) is 3.58. The molecule has 3 rings (SSSR count). The lowest BCUT2D eigenvalue weighted by Gasteiger charge is -2.25. The van der Waals surface area contributed by atoms with Crippen molar-refractivity contribution >= 4 is 5.69 Å². The first-order valence-electron chi connectivity index (χ1n) is 6.80. The van der Waals surface area contributed by atoms with E-state index in [1.165, 1.54) is 10.7 Å². The van der Waals surface area contributed by atoms with Gasteiger partial charge in [-0.3, -0.25) is 10.1 Å². The Balaban J connectivity index is 1.85. The van der Waals surface area contributed by atoms with Gasteiger partial charge in [0.05, 0.1) is 4.92 Å². The quantitative estimate of drug-likeness (QED) is 0.623. The predicted molar refractivity (Wildman–Crippen MR) is 77.9 cm³/mol. The van der Waals surface area contributed by atoms with Gasteiger partial charge >= 0.3 is 0 Å². The highest BCUT2D eigenvalue weighted by Gasteiger charge is 2.26. The Morgan fingerprint density at radius 2 is 2.05 bits per heavy atom. The molecule has 0 spiro atoms. The van der Waals surface area contributed by atoms with Crippen LogP contribution in [0.1, 0.15) is 19.2 Å². The van der Waals surface area contributed by atoms with E-state index >= 15 is 0 Å². The fourth-order valence-corrected chi connectivity index (χ4v) is 2.35. The predicted octanol–water partition coefficient (Wildman–Crippen LogP) is 0.883. The zero-order valence-electron chi connectivity index (χ0n) is 11.9. The summed E-state index contributed by atoms with van der Waals surface area (Å²) in [5.74, 6) is 0.575. The van der Waals surface area contributed by atoms with Gasteiger partial charge in [0.15, 0.2) is 5.82 Å². The molecule has 0 aliphatic carbocycles. The van der Waals surface area contributed by atoms with Crippen LogP contribution in [-0.4, -0.2) is 30.8 Å². The largest absolute Gasteiger partial charge is 0.368 e. The number of nitro groups is 1. The van der Waals surface area contributed by atoms with Gasteiger partial charge in [0.25, 0.3) is 5.69 Å². The number of benzene rings is 1. The summed E-state index contributed by atoms with van der Waals surface area (Å²) in [6.07, 6.45) is 4.97. The molecule has 0 fully saturated rings. The van der Waals surface area contributed by atoms with Crippen molar-refractivity contribution in [2.24, 2.45) is 0 Å². The Labute approximate surface area is 126 Å². The molecule has 2 heterocycles. The van der Waals surface area contributed by atoms with Crippen molar-refractivity contribution in [3.8, 4) is 5.69 Å². The Kier molecular flexibility index (Phi) is 3.45. The molecule has 0 bridgehead atoms. The minimum atomic E-state index is -0.438. The van der Waals surface area contributed by atoms with E-state index in [4.69, 9.17) is 0 Å². The van der Waals surface area contributed by atoms with E-state index in [1.807, 2.05) is 19.3 Å². The molecule has 0 amide bonds. The van der Waals surface area contributed by atoms with Crippen molar-refractivity contribution in [3.63, 3.8) is 0 Å². The maximum absolute atomic E-state index is 11.1. The summed E-state index contributed by atoms with van der Waals surface area (Å²) in [6.45, 7) is 2.02. The van der Waals surface area contributed by atoms with Crippen LogP contribution in [0.4, 0.5) is 5.69 Å².